The third kappa shape index (κ3) is 1.80. The van der Waals surface area contributed by atoms with Crippen molar-refractivity contribution in [3.63, 3.8) is 0 Å². The highest BCUT2D eigenvalue weighted by molar-refractivity contribution is 9.10. The minimum atomic E-state index is 0.215. The van der Waals surface area contributed by atoms with Gasteiger partial charge in [0.15, 0.2) is 5.82 Å². The van der Waals surface area contributed by atoms with Gasteiger partial charge in [0.05, 0.1) is 17.1 Å². The molecular formula is C9H9BrN4O. The molecule has 1 aromatic carbocycles. The molecule has 0 spiro atoms. The second kappa shape index (κ2) is 3.90. The lowest BCUT2D eigenvalue weighted by molar-refractivity contribution is 0.413. The van der Waals surface area contributed by atoms with Crippen LogP contribution in [-0.4, -0.2) is 22.3 Å². The number of nitrogens with two attached hydrogens (primary N) is 1. The van der Waals surface area contributed by atoms with Crippen LogP contribution in [-0.2, 0) is 0 Å². The van der Waals surface area contributed by atoms with Gasteiger partial charge in [-0.05, 0) is 28.1 Å². The van der Waals surface area contributed by atoms with E-state index in [4.69, 9.17) is 10.5 Å². The van der Waals surface area contributed by atoms with Crippen LogP contribution in [0.2, 0.25) is 0 Å². The number of rotatable bonds is 2. The van der Waals surface area contributed by atoms with Crippen LogP contribution in [0, 0.1) is 0 Å². The first-order chi connectivity index (χ1) is 7.22. The summed E-state index contributed by atoms with van der Waals surface area (Å²) in [7, 11) is 1.60. The topological polar surface area (TPSA) is 76.8 Å². The van der Waals surface area contributed by atoms with Crippen LogP contribution >= 0.6 is 15.9 Å². The maximum absolute atomic E-state index is 5.44. The Morgan fingerprint density at radius 2 is 2.27 bits per heavy atom. The summed E-state index contributed by atoms with van der Waals surface area (Å²) < 4.78 is 6.12. The number of nitrogens with zero attached hydrogens (tertiary/aromatic N) is 2. The molecular weight excluding hydrogens is 260 g/mol. The standard InChI is InChI=1S/C9H9BrN4O/c1-15-7-5(3-2-4-6(7)10)8-12-9(11)14-13-8/h2-4H,1H3,(H3,11,12,13,14). The van der Waals surface area contributed by atoms with Gasteiger partial charge in [-0.3, -0.25) is 5.10 Å². The molecule has 0 atom stereocenters. The predicted octanol–water partition coefficient (Wildman–Crippen LogP) is 1.82. The van der Waals surface area contributed by atoms with Crippen molar-refractivity contribution in [3.05, 3.63) is 22.7 Å². The summed E-state index contributed by atoms with van der Waals surface area (Å²) in [4.78, 5) is 4.04. The first kappa shape index (κ1) is 9.97. The van der Waals surface area contributed by atoms with Gasteiger partial charge in [-0.25, -0.2) is 0 Å². The van der Waals surface area contributed by atoms with Crippen molar-refractivity contribution >= 4 is 21.9 Å². The van der Waals surface area contributed by atoms with E-state index in [0.717, 1.165) is 10.0 Å². The summed E-state index contributed by atoms with van der Waals surface area (Å²) in [5.41, 5.74) is 6.26. The van der Waals surface area contributed by atoms with Crippen molar-refractivity contribution in [2.24, 2.45) is 0 Å². The lowest BCUT2D eigenvalue weighted by Gasteiger charge is -2.07. The van der Waals surface area contributed by atoms with E-state index in [-0.39, 0.29) is 5.95 Å². The minimum absolute atomic E-state index is 0.215. The van der Waals surface area contributed by atoms with Crippen molar-refractivity contribution in [1.82, 2.24) is 15.2 Å². The molecule has 78 valence electrons. The molecule has 0 aliphatic carbocycles. The summed E-state index contributed by atoms with van der Waals surface area (Å²) in [5.74, 6) is 1.51. The number of H-pyrrole nitrogens is 1. The summed E-state index contributed by atoms with van der Waals surface area (Å²) in [6.45, 7) is 0. The predicted molar refractivity (Wildman–Crippen MR) is 60.5 cm³/mol. The van der Waals surface area contributed by atoms with Crippen LogP contribution in [0.15, 0.2) is 22.7 Å². The highest BCUT2D eigenvalue weighted by Crippen LogP contribution is 2.34. The number of anilines is 1. The highest BCUT2D eigenvalue weighted by Gasteiger charge is 2.11. The van der Waals surface area contributed by atoms with Gasteiger partial charge in [0.2, 0.25) is 5.95 Å². The molecule has 3 N–H and O–H groups in total. The first-order valence-electron chi connectivity index (χ1n) is 4.23. The largest absolute Gasteiger partial charge is 0.495 e. The molecule has 0 radical (unpaired) electrons. The van der Waals surface area contributed by atoms with Crippen LogP contribution in [0.4, 0.5) is 5.95 Å². The van der Waals surface area contributed by atoms with Gasteiger partial charge in [0.1, 0.15) is 5.75 Å². The van der Waals surface area contributed by atoms with E-state index in [9.17, 15) is 0 Å². The van der Waals surface area contributed by atoms with Crippen LogP contribution < -0.4 is 10.5 Å². The molecule has 0 aliphatic rings. The van der Waals surface area contributed by atoms with Crippen molar-refractivity contribution in [2.45, 2.75) is 0 Å². The summed E-state index contributed by atoms with van der Waals surface area (Å²) in [5, 5.41) is 6.51. The molecule has 5 nitrogen and oxygen atoms in total. The van der Waals surface area contributed by atoms with Crippen molar-refractivity contribution < 1.29 is 4.74 Å². The Morgan fingerprint density at radius 3 is 2.87 bits per heavy atom. The van der Waals surface area contributed by atoms with Gasteiger partial charge in [-0.2, -0.15) is 4.98 Å². The number of para-hydroxylation sites is 1. The van der Waals surface area contributed by atoms with E-state index < -0.39 is 0 Å². The normalized spacial score (nSPS) is 10.3. The zero-order valence-electron chi connectivity index (χ0n) is 7.99. The Morgan fingerprint density at radius 1 is 1.47 bits per heavy atom. The second-order valence-corrected chi connectivity index (χ2v) is 3.72. The molecule has 2 aromatic rings. The summed E-state index contributed by atoms with van der Waals surface area (Å²) >= 11 is 3.39. The zero-order valence-corrected chi connectivity index (χ0v) is 9.58. The van der Waals surface area contributed by atoms with Crippen molar-refractivity contribution in [2.75, 3.05) is 12.8 Å². The fraction of sp³-hybridized carbons (Fsp3) is 0.111. The SMILES string of the molecule is COc1c(Br)cccc1-c1nc(N)n[nH]1. The average Bonchev–Trinajstić information content (AvgIpc) is 2.64. The van der Waals surface area contributed by atoms with Crippen LogP contribution in [0.3, 0.4) is 0 Å². The average molecular weight is 269 g/mol. The Kier molecular flexibility index (Phi) is 2.59. The number of halogens is 1. The van der Waals surface area contributed by atoms with Gasteiger partial charge in [-0.1, -0.05) is 6.07 Å². The number of aromatic nitrogens is 3. The first-order valence-corrected chi connectivity index (χ1v) is 5.02. The molecule has 0 bridgehead atoms. The number of nitrogen functional groups attached to an aromatic ring is 1. The summed E-state index contributed by atoms with van der Waals surface area (Å²) in [6, 6.07) is 5.66. The fourth-order valence-corrected chi connectivity index (χ4v) is 1.83. The number of benzene rings is 1. The molecule has 1 aromatic heterocycles. The van der Waals surface area contributed by atoms with E-state index in [1.54, 1.807) is 7.11 Å². The quantitative estimate of drug-likeness (QED) is 0.871. The third-order valence-electron chi connectivity index (χ3n) is 1.93. The number of nitrogens with one attached hydrogen (secondary N) is 1. The van der Waals surface area contributed by atoms with E-state index in [1.165, 1.54) is 0 Å². The molecule has 2 rings (SSSR count). The molecule has 6 heteroatoms. The Hall–Kier alpha value is -1.56. The highest BCUT2D eigenvalue weighted by atomic mass is 79.9. The monoisotopic (exact) mass is 268 g/mol. The van der Waals surface area contributed by atoms with E-state index in [2.05, 4.69) is 31.1 Å². The van der Waals surface area contributed by atoms with E-state index >= 15 is 0 Å². The third-order valence-corrected chi connectivity index (χ3v) is 2.55. The van der Waals surface area contributed by atoms with Crippen LogP contribution in [0.25, 0.3) is 11.4 Å². The molecule has 0 unspecified atom stereocenters. The van der Waals surface area contributed by atoms with Gasteiger partial charge < -0.3 is 10.5 Å². The van der Waals surface area contributed by atoms with Gasteiger partial charge in [0.25, 0.3) is 0 Å². The zero-order chi connectivity index (χ0) is 10.8. The fourth-order valence-electron chi connectivity index (χ4n) is 1.30. The Labute approximate surface area is 94.8 Å². The van der Waals surface area contributed by atoms with E-state index in [1.807, 2.05) is 18.2 Å². The van der Waals surface area contributed by atoms with Crippen LogP contribution in [0.1, 0.15) is 0 Å². The molecule has 15 heavy (non-hydrogen) atoms. The molecule has 0 saturated carbocycles. The van der Waals surface area contributed by atoms with E-state index in [0.29, 0.717) is 11.6 Å². The minimum Gasteiger partial charge on any atom is -0.495 e. The van der Waals surface area contributed by atoms with Crippen molar-refractivity contribution in [3.8, 4) is 17.1 Å². The lowest BCUT2D eigenvalue weighted by atomic mass is 10.2. The van der Waals surface area contributed by atoms with Crippen LogP contribution in [0.5, 0.6) is 5.75 Å². The number of ether oxygens (including phenoxy) is 1. The lowest BCUT2D eigenvalue weighted by Crippen LogP contribution is -1.90. The number of hydrogen-bond donors (Lipinski definition) is 2. The molecule has 0 fully saturated rings. The molecule has 0 amide bonds. The number of hydrogen-bond acceptors (Lipinski definition) is 4. The summed E-state index contributed by atoms with van der Waals surface area (Å²) in [6.07, 6.45) is 0. The van der Waals surface area contributed by atoms with Gasteiger partial charge >= 0.3 is 0 Å². The smallest absolute Gasteiger partial charge is 0.239 e. The van der Waals surface area contributed by atoms with Crippen molar-refractivity contribution in [1.29, 1.82) is 0 Å². The Bertz CT molecular complexity index is 483. The maximum Gasteiger partial charge on any atom is 0.239 e. The number of methoxy groups -OCH3 is 1. The molecule has 1 heterocycles. The Balaban J connectivity index is 2.57. The number of aromatic amines is 1. The molecule has 0 aliphatic heterocycles. The van der Waals surface area contributed by atoms with Gasteiger partial charge in [0, 0.05) is 0 Å². The molecule has 0 saturated heterocycles. The second-order valence-electron chi connectivity index (χ2n) is 2.86. The maximum atomic E-state index is 5.44. The van der Waals surface area contributed by atoms with Gasteiger partial charge in [-0.15, -0.1) is 5.10 Å².